The van der Waals surface area contributed by atoms with E-state index in [1.54, 1.807) is 13.8 Å². The Kier molecular flexibility index (Phi) is 4.83. The van der Waals surface area contributed by atoms with Gasteiger partial charge in [-0.25, -0.2) is 8.42 Å². The molecule has 1 aromatic carbocycles. The average Bonchev–Trinajstić information content (AvgIpc) is 2.37. The largest absolute Gasteiger partial charge is 0.274 e. The Bertz CT molecular complexity index is 593. The summed E-state index contributed by atoms with van der Waals surface area (Å²) in [4.78, 5) is 10.5. The molecule has 0 spiro atoms. The predicted octanol–water partition coefficient (Wildman–Crippen LogP) is 2.90. The van der Waals surface area contributed by atoms with Gasteiger partial charge in [-0.3, -0.25) is 10.1 Å². The van der Waals surface area contributed by atoms with Gasteiger partial charge in [0.15, 0.2) is 9.84 Å². The van der Waals surface area contributed by atoms with E-state index in [9.17, 15) is 18.5 Å². The van der Waals surface area contributed by atoms with Gasteiger partial charge < -0.3 is 0 Å². The maximum absolute atomic E-state index is 12.4. The molecule has 0 saturated heterocycles. The Morgan fingerprint density at radius 3 is 2.58 bits per heavy atom. The second-order valence-electron chi connectivity index (χ2n) is 4.27. The van der Waals surface area contributed by atoms with Crippen molar-refractivity contribution in [3.8, 4) is 0 Å². The summed E-state index contributed by atoms with van der Waals surface area (Å²) in [6.45, 7) is 6.90. The molecule has 0 aliphatic heterocycles. The molecule has 0 amide bonds. The maximum atomic E-state index is 12.4. The fourth-order valence-corrected chi connectivity index (χ4v) is 3.45. The van der Waals surface area contributed by atoms with Crippen LogP contribution >= 0.6 is 0 Å². The van der Waals surface area contributed by atoms with Crippen molar-refractivity contribution in [2.24, 2.45) is 0 Å². The lowest BCUT2D eigenvalue weighted by Crippen LogP contribution is -2.19. The Balaban J connectivity index is 3.56. The van der Waals surface area contributed by atoms with Gasteiger partial charge in [0.2, 0.25) is 0 Å². The van der Waals surface area contributed by atoms with Gasteiger partial charge in [0.1, 0.15) is 0 Å². The van der Waals surface area contributed by atoms with Crippen LogP contribution in [0.2, 0.25) is 0 Å². The lowest BCUT2D eigenvalue weighted by molar-refractivity contribution is -0.385. The minimum Gasteiger partial charge on any atom is -0.258 e. The van der Waals surface area contributed by atoms with Crippen LogP contribution in [-0.4, -0.2) is 18.6 Å². The third-order valence-electron chi connectivity index (χ3n) is 3.06. The van der Waals surface area contributed by atoms with Crippen LogP contribution in [0.15, 0.2) is 35.7 Å². The molecule has 0 aliphatic rings. The number of nitrogens with zero attached hydrogens (tertiary/aromatic N) is 1. The molecular formula is C13H17NO4S. The van der Waals surface area contributed by atoms with Crippen LogP contribution in [0, 0.1) is 10.1 Å². The fraction of sp³-hybridized carbons (Fsp3) is 0.385. The lowest BCUT2D eigenvalue weighted by atomic mass is 10.1. The van der Waals surface area contributed by atoms with Crippen molar-refractivity contribution < 1.29 is 13.3 Å². The summed E-state index contributed by atoms with van der Waals surface area (Å²) < 4.78 is 24.8. The standard InChI is InChI=1S/C13H17NO4S/c1-4-7-11-12(14(15)16)8-6-9-13(11)19(17,18)10(3)5-2/h4,6,8-10H,1,5,7H2,2-3H3. The van der Waals surface area contributed by atoms with E-state index in [4.69, 9.17) is 0 Å². The Labute approximate surface area is 113 Å². The van der Waals surface area contributed by atoms with E-state index in [2.05, 4.69) is 6.58 Å². The van der Waals surface area contributed by atoms with Gasteiger partial charge >= 0.3 is 0 Å². The molecule has 5 nitrogen and oxygen atoms in total. The number of hydrogen-bond donors (Lipinski definition) is 0. The summed E-state index contributed by atoms with van der Waals surface area (Å²) in [5.41, 5.74) is 0.0343. The third-order valence-corrected chi connectivity index (χ3v) is 5.45. The SMILES string of the molecule is C=CCc1c([N+](=O)[O-])cccc1S(=O)(=O)C(C)CC. The zero-order valence-electron chi connectivity index (χ0n) is 11.0. The molecule has 19 heavy (non-hydrogen) atoms. The van der Waals surface area contributed by atoms with E-state index in [0.717, 1.165) is 0 Å². The van der Waals surface area contributed by atoms with Crippen molar-refractivity contribution in [1.82, 2.24) is 0 Å². The highest BCUT2D eigenvalue weighted by Gasteiger charge is 2.28. The topological polar surface area (TPSA) is 77.3 Å². The maximum Gasteiger partial charge on any atom is 0.274 e. The number of sulfone groups is 1. The van der Waals surface area contributed by atoms with Crippen molar-refractivity contribution in [3.63, 3.8) is 0 Å². The predicted molar refractivity (Wildman–Crippen MR) is 73.9 cm³/mol. The second kappa shape index (κ2) is 5.97. The Morgan fingerprint density at radius 2 is 2.11 bits per heavy atom. The highest BCUT2D eigenvalue weighted by atomic mass is 32.2. The molecular weight excluding hydrogens is 266 g/mol. The summed E-state index contributed by atoms with van der Waals surface area (Å²) in [7, 11) is -3.55. The van der Waals surface area contributed by atoms with Crippen LogP contribution in [0.25, 0.3) is 0 Å². The zero-order valence-corrected chi connectivity index (χ0v) is 11.8. The van der Waals surface area contributed by atoms with Crippen LogP contribution in [0.3, 0.4) is 0 Å². The molecule has 6 heteroatoms. The number of benzene rings is 1. The molecule has 104 valence electrons. The van der Waals surface area contributed by atoms with E-state index >= 15 is 0 Å². The second-order valence-corrected chi connectivity index (χ2v) is 6.60. The smallest absolute Gasteiger partial charge is 0.258 e. The first-order chi connectivity index (χ1) is 8.86. The van der Waals surface area contributed by atoms with Crippen molar-refractivity contribution in [3.05, 3.63) is 46.5 Å². The van der Waals surface area contributed by atoms with Gasteiger partial charge in [-0.05, 0) is 25.8 Å². The van der Waals surface area contributed by atoms with Crippen molar-refractivity contribution in [2.45, 2.75) is 36.8 Å². The summed E-state index contributed by atoms with van der Waals surface area (Å²) in [6, 6.07) is 4.14. The number of rotatable bonds is 6. The molecule has 0 heterocycles. The molecule has 0 fully saturated rings. The van der Waals surface area contributed by atoms with Crippen LogP contribution in [0.1, 0.15) is 25.8 Å². The minimum atomic E-state index is -3.55. The summed E-state index contributed by atoms with van der Waals surface area (Å²) in [5, 5.41) is 10.4. The molecule has 1 aromatic rings. The van der Waals surface area contributed by atoms with Crippen LogP contribution in [0.4, 0.5) is 5.69 Å². The van der Waals surface area contributed by atoms with Crippen LogP contribution < -0.4 is 0 Å². The molecule has 0 N–H and O–H groups in total. The van der Waals surface area contributed by atoms with Crippen molar-refractivity contribution in [2.75, 3.05) is 0 Å². The number of hydrogen-bond acceptors (Lipinski definition) is 4. The van der Waals surface area contributed by atoms with Gasteiger partial charge in [-0.2, -0.15) is 0 Å². The van der Waals surface area contributed by atoms with Crippen LogP contribution in [-0.2, 0) is 16.3 Å². The monoisotopic (exact) mass is 283 g/mol. The van der Waals surface area contributed by atoms with Gasteiger partial charge in [0.05, 0.1) is 20.6 Å². The van der Waals surface area contributed by atoms with Gasteiger partial charge in [-0.1, -0.05) is 19.1 Å². The fourth-order valence-electron chi connectivity index (χ4n) is 1.78. The summed E-state index contributed by atoms with van der Waals surface area (Å²) >= 11 is 0. The van der Waals surface area contributed by atoms with E-state index in [1.807, 2.05) is 0 Å². The van der Waals surface area contributed by atoms with E-state index in [0.29, 0.717) is 6.42 Å². The molecule has 0 radical (unpaired) electrons. The summed E-state index contributed by atoms with van der Waals surface area (Å²) in [5.74, 6) is 0. The molecule has 1 rings (SSSR count). The Hall–Kier alpha value is -1.69. The first-order valence-electron chi connectivity index (χ1n) is 5.97. The third kappa shape index (κ3) is 3.01. The van der Waals surface area contributed by atoms with E-state index < -0.39 is 20.0 Å². The van der Waals surface area contributed by atoms with Gasteiger partial charge in [0.25, 0.3) is 5.69 Å². The molecule has 0 bridgehead atoms. The molecule has 0 saturated carbocycles. The van der Waals surface area contributed by atoms with Gasteiger partial charge in [0, 0.05) is 6.07 Å². The average molecular weight is 283 g/mol. The zero-order chi connectivity index (χ0) is 14.6. The molecule has 1 unspecified atom stereocenters. The lowest BCUT2D eigenvalue weighted by Gasteiger charge is -2.14. The normalized spacial score (nSPS) is 12.9. The molecule has 0 aliphatic carbocycles. The Morgan fingerprint density at radius 1 is 1.47 bits per heavy atom. The number of allylic oxidation sites excluding steroid dienone is 1. The number of nitro benzene ring substituents is 1. The van der Waals surface area contributed by atoms with Crippen molar-refractivity contribution >= 4 is 15.5 Å². The minimum absolute atomic E-state index is 0.0379. The van der Waals surface area contributed by atoms with Crippen LogP contribution in [0.5, 0.6) is 0 Å². The highest BCUT2D eigenvalue weighted by Crippen LogP contribution is 2.29. The number of nitro groups is 1. The first-order valence-corrected chi connectivity index (χ1v) is 7.52. The quantitative estimate of drug-likeness (QED) is 0.457. The van der Waals surface area contributed by atoms with Gasteiger partial charge in [-0.15, -0.1) is 6.58 Å². The molecule has 0 aromatic heterocycles. The highest BCUT2D eigenvalue weighted by molar-refractivity contribution is 7.92. The van der Waals surface area contributed by atoms with Crippen molar-refractivity contribution in [1.29, 1.82) is 0 Å². The van der Waals surface area contributed by atoms with E-state index in [1.165, 1.54) is 24.3 Å². The first kappa shape index (κ1) is 15.4. The molecule has 1 atom stereocenters. The van der Waals surface area contributed by atoms with E-state index in [-0.39, 0.29) is 22.6 Å². The summed E-state index contributed by atoms with van der Waals surface area (Å²) in [6.07, 6.45) is 2.08.